The molecule has 4 rings (SSSR count). The van der Waals surface area contributed by atoms with E-state index in [0.717, 1.165) is 37.2 Å². The first-order chi connectivity index (χ1) is 13.6. The Morgan fingerprint density at radius 3 is 2.71 bits per heavy atom. The molecule has 1 fully saturated rings. The molecule has 28 heavy (non-hydrogen) atoms. The van der Waals surface area contributed by atoms with Gasteiger partial charge in [-0.1, -0.05) is 30.3 Å². The molecule has 0 radical (unpaired) electrons. The first kappa shape index (κ1) is 18.4. The molecule has 1 amide bonds. The Morgan fingerprint density at radius 2 is 1.96 bits per heavy atom. The number of nitrogens with zero attached hydrogens (tertiary/aromatic N) is 4. The minimum atomic E-state index is 0.0573. The molecule has 1 saturated heterocycles. The smallest absolute Gasteiger partial charge is 0.272 e. The lowest BCUT2D eigenvalue weighted by Crippen LogP contribution is -2.40. The molecule has 1 aliphatic rings. The van der Waals surface area contributed by atoms with Gasteiger partial charge in [-0.15, -0.1) is 0 Å². The zero-order valence-electron chi connectivity index (χ0n) is 16.5. The third-order valence-corrected chi connectivity index (χ3v) is 5.45. The van der Waals surface area contributed by atoms with E-state index in [1.807, 2.05) is 18.0 Å². The molecule has 2 aromatic heterocycles. The van der Waals surface area contributed by atoms with Crippen LogP contribution in [0.4, 0.5) is 0 Å². The maximum absolute atomic E-state index is 12.9. The van der Waals surface area contributed by atoms with E-state index in [1.54, 1.807) is 16.9 Å². The lowest BCUT2D eigenvalue weighted by atomic mass is 9.92. The van der Waals surface area contributed by atoms with Gasteiger partial charge in [0.2, 0.25) is 0 Å². The highest BCUT2D eigenvalue weighted by atomic mass is 16.2. The lowest BCUT2D eigenvalue weighted by Gasteiger charge is -2.32. The van der Waals surface area contributed by atoms with Gasteiger partial charge in [0.1, 0.15) is 5.69 Å². The molecule has 5 heteroatoms. The van der Waals surface area contributed by atoms with E-state index in [9.17, 15) is 4.79 Å². The minimum absolute atomic E-state index is 0.0573. The number of pyridine rings is 1. The van der Waals surface area contributed by atoms with Crippen molar-refractivity contribution >= 4 is 5.91 Å². The SMILES string of the molecule is Cc1cc(Cc2ccccc2)cc([C@H]2CCCN(C(=O)c3ccnn3C)C2)n1. The lowest BCUT2D eigenvalue weighted by molar-refractivity contribution is 0.0694. The molecule has 3 heterocycles. The fraction of sp³-hybridized carbons (Fsp3) is 0.348. The van der Waals surface area contributed by atoms with Gasteiger partial charge in [-0.25, -0.2) is 0 Å². The van der Waals surface area contributed by atoms with Crippen LogP contribution in [0.3, 0.4) is 0 Å². The van der Waals surface area contributed by atoms with Crippen molar-refractivity contribution in [1.82, 2.24) is 19.7 Å². The molecule has 3 aromatic rings. The molecule has 1 aromatic carbocycles. The fourth-order valence-electron chi connectivity index (χ4n) is 4.06. The largest absolute Gasteiger partial charge is 0.337 e. The highest BCUT2D eigenvalue weighted by molar-refractivity contribution is 5.92. The molecule has 0 unspecified atom stereocenters. The van der Waals surface area contributed by atoms with Gasteiger partial charge >= 0.3 is 0 Å². The number of rotatable bonds is 4. The van der Waals surface area contributed by atoms with Crippen LogP contribution in [0.25, 0.3) is 0 Å². The Kier molecular flexibility index (Phi) is 5.24. The van der Waals surface area contributed by atoms with Gasteiger partial charge in [-0.2, -0.15) is 5.10 Å². The molecule has 0 spiro atoms. The Bertz CT molecular complexity index is 964. The molecule has 0 N–H and O–H groups in total. The molecule has 0 aliphatic carbocycles. The average molecular weight is 374 g/mol. The quantitative estimate of drug-likeness (QED) is 0.699. The van der Waals surface area contributed by atoms with Crippen molar-refractivity contribution in [1.29, 1.82) is 0 Å². The zero-order valence-corrected chi connectivity index (χ0v) is 16.5. The van der Waals surface area contributed by atoms with Crippen molar-refractivity contribution < 1.29 is 4.79 Å². The van der Waals surface area contributed by atoms with Crippen LogP contribution < -0.4 is 0 Å². The zero-order chi connectivity index (χ0) is 19.5. The Hall–Kier alpha value is -2.95. The summed E-state index contributed by atoms with van der Waals surface area (Å²) in [7, 11) is 1.81. The summed E-state index contributed by atoms with van der Waals surface area (Å²) in [6, 6.07) is 16.7. The van der Waals surface area contributed by atoms with Gasteiger partial charge in [0, 0.05) is 43.6 Å². The second-order valence-corrected chi connectivity index (χ2v) is 7.63. The highest BCUT2D eigenvalue weighted by Crippen LogP contribution is 2.28. The number of hydrogen-bond acceptors (Lipinski definition) is 3. The molecular weight excluding hydrogens is 348 g/mol. The number of benzene rings is 1. The van der Waals surface area contributed by atoms with E-state index in [2.05, 4.69) is 48.4 Å². The first-order valence-electron chi connectivity index (χ1n) is 9.89. The maximum atomic E-state index is 12.9. The van der Waals surface area contributed by atoms with E-state index >= 15 is 0 Å². The second kappa shape index (κ2) is 7.97. The number of aryl methyl sites for hydroxylation is 2. The van der Waals surface area contributed by atoms with Crippen LogP contribution in [0, 0.1) is 6.92 Å². The van der Waals surface area contributed by atoms with Crippen LogP contribution in [0.15, 0.2) is 54.7 Å². The highest BCUT2D eigenvalue weighted by Gasteiger charge is 2.27. The van der Waals surface area contributed by atoms with Gasteiger partial charge in [0.05, 0.1) is 0 Å². The van der Waals surface area contributed by atoms with Gasteiger partial charge in [-0.05, 0) is 55.5 Å². The first-order valence-corrected chi connectivity index (χ1v) is 9.89. The predicted molar refractivity (Wildman–Crippen MR) is 109 cm³/mol. The van der Waals surface area contributed by atoms with Crippen molar-refractivity contribution in [3.8, 4) is 0 Å². The molecule has 0 bridgehead atoms. The number of carbonyl (C=O) groups excluding carboxylic acids is 1. The minimum Gasteiger partial charge on any atom is -0.337 e. The van der Waals surface area contributed by atoms with Crippen molar-refractivity contribution in [3.05, 3.63) is 82.9 Å². The standard InChI is InChI=1S/C23H26N4O/c1-17-13-19(14-18-7-4-3-5-8-18)15-21(25-17)20-9-6-12-27(16-20)23(28)22-10-11-24-26(22)2/h3-5,7-8,10-11,13,15,20H,6,9,12,14,16H2,1-2H3/t20-/m0/s1. The maximum Gasteiger partial charge on any atom is 0.272 e. The molecular formula is C23H26N4O. The number of piperidine rings is 1. The summed E-state index contributed by atoms with van der Waals surface area (Å²) in [5.41, 5.74) is 5.37. The monoisotopic (exact) mass is 374 g/mol. The number of likely N-dealkylation sites (tertiary alicyclic amines) is 1. The fourth-order valence-corrected chi connectivity index (χ4v) is 4.06. The summed E-state index contributed by atoms with van der Waals surface area (Å²) >= 11 is 0. The summed E-state index contributed by atoms with van der Waals surface area (Å²) in [6.45, 7) is 3.56. The average Bonchev–Trinajstić information content (AvgIpc) is 3.14. The van der Waals surface area contributed by atoms with Gasteiger partial charge in [0.15, 0.2) is 0 Å². The summed E-state index contributed by atoms with van der Waals surface area (Å²) in [6.07, 6.45) is 4.64. The van der Waals surface area contributed by atoms with Crippen LogP contribution >= 0.6 is 0 Å². The van der Waals surface area contributed by atoms with Crippen LogP contribution in [0.5, 0.6) is 0 Å². The van der Waals surface area contributed by atoms with Gasteiger partial charge in [0.25, 0.3) is 5.91 Å². The van der Waals surface area contributed by atoms with Crippen LogP contribution in [-0.2, 0) is 13.5 Å². The van der Waals surface area contributed by atoms with Gasteiger partial charge < -0.3 is 4.90 Å². The molecule has 5 nitrogen and oxygen atoms in total. The van der Waals surface area contributed by atoms with E-state index in [4.69, 9.17) is 4.98 Å². The van der Waals surface area contributed by atoms with Crippen molar-refractivity contribution in [2.24, 2.45) is 7.05 Å². The van der Waals surface area contributed by atoms with Gasteiger partial charge in [-0.3, -0.25) is 14.5 Å². The molecule has 1 atom stereocenters. The van der Waals surface area contributed by atoms with E-state index in [1.165, 1.54) is 11.1 Å². The van der Waals surface area contributed by atoms with Crippen molar-refractivity contribution in [2.75, 3.05) is 13.1 Å². The Balaban J connectivity index is 1.53. The number of amides is 1. The van der Waals surface area contributed by atoms with Crippen LogP contribution in [-0.4, -0.2) is 38.7 Å². The number of aromatic nitrogens is 3. The summed E-state index contributed by atoms with van der Waals surface area (Å²) < 4.78 is 1.65. The molecule has 1 aliphatic heterocycles. The second-order valence-electron chi connectivity index (χ2n) is 7.63. The normalized spacial score (nSPS) is 16.9. The number of hydrogen-bond donors (Lipinski definition) is 0. The van der Waals surface area contributed by atoms with Crippen molar-refractivity contribution in [2.45, 2.75) is 32.1 Å². The third-order valence-electron chi connectivity index (χ3n) is 5.45. The van der Waals surface area contributed by atoms with E-state index in [0.29, 0.717) is 12.2 Å². The van der Waals surface area contributed by atoms with E-state index < -0.39 is 0 Å². The van der Waals surface area contributed by atoms with Crippen molar-refractivity contribution in [3.63, 3.8) is 0 Å². The number of carbonyl (C=O) groups is 1. The Morgan fingerprint density at radius 1 is 1.14 bits per heavy atom. The molecule has 0 saturated carbocycles. The topological polar surface area (TPSA) is 51.0 Å². The predicted octanol–water partition coefficient (Wildman–Crippen LogP) is 3.73. The summed E-state index contributed by atoms with van der Waals surface area (Å²) in [5.74, 6) is 0.335. The summed E-state index contributed by atoms with van der Waals surface area (Å²) in [5, 5.41) is 4.13. The van der Waals surface area contributed by atoms with E-state index in [-0.39, 0.29) is 11.8 Å². The summed E-state index contributed by atoms with van der Waals surface area (Å²) in [4.78, 5) is 19.6. The Labute approximate surface area is 166 Å². The van der Waals surface area contributed by atoms with Crippen LogP contribution in [0.2, 0.25) is 0 Å². The third kappa shape index (κ3) is 3.98. The van der Waals surface area contributed by atoms with Crippen LogP contribution in [0.1, 0.15) is 51.8 Å². The molecule has 144 valence electrons.